The van der Waals surface area contributed by atoms with Crippen molar-refractivity contribution in [2.75, 3.05) is 7.11 Å². The number of ether oxygens (including phenoxy) is 1. The van der Waals surface area contributed by atoms with E-state index in [1.807, 2.05) is 30.3 Å². The second-order valence-electron chi connectivity index (χ2n) is 6.69. The van der Waals surface area contributed by atoms with E-state index in [0.717, 1.165) is 10.0 Å². The molecule has 1 atom stereocenters. The molecule has 1 aromatic heterocycles. The number of carbonyl (C=O) groups excluding carboxylic acids is 1. The molecule has 2 aromatic carbocycles. The van der Waals surface area contributed by atoms with Crippen molar-refractivity contribution in [3.05, 3.63) is 95.1 Å². The van der Waals surface area contributed by atoms with E-state index >= 15 is 0 Å². The highest BCUT2D eigenvalue weighted by atomic mass is 79.9. The third-order valence-corrected chi connectivity index (χ3v) is 6.29. The fourth-order valence-electron chi connectivity index (χ4n) is 3.43. The Hall–Kier alpha value is -2.97. The molecule has 1 N–H and O–H groups in total. The number of aromatic hydroxyl groups is 1. The van der Waals surface area contributed by atoms with Crippen molar-refractivity contribution in [3.8, 4) is 5.75 Å². The van der Waals surface area contributed by atoms with Gasteiger partial charge in [0, 0.05) is 10.0 Å². The zero-order chi connectivity index (χ0) is 21.4. The van der Waals surface area contributed by atoms with Crippen molar-refractivity contribution in [2.45, 2.75) is 13.0 Å². The van der Waals surface area contributed by atoms with E-state index in [1.54, 1.807) is 31.2 Å². The lowest BCUT2D eigenvalue weighted by molar-refractivity contribution is -0.136. The van der Waals surface area contributed by atoms with E-state index in [1.165, 1.54) is 23.0 Å². The van der Waals surface area contributed by atoms with Gasteiger partial charge in [-0.05, 0) is 36.8 Å². The van der Waals surface area contributed by atoms with Gasteiger partial charge < -0.3 is 9.84 Å². The number of hydrogen-bond donors (Lipinski definition) is 1. The number of esters is 1. The maximum atomic E-state index is 13.4. The normalized spacial score (nSPS) is 16.2. The zero-order valence-electron chi connectivity index (χ0n) is 16.1. The van der Waals surface area contributed by atoms with Gasteiger partial charge in [0.15, 0.2) is 4.80 Å². The van der Waals surface area contributed by atoms with E-state index in [2.05, 4.69) is 20.9 Å². The molecule has 1 aliphatic heterocycles. The standard InChI is InChI=1S/C22H17BrN2O4S/c1-12-18(21(28)29-2)19(13-6-4-3-5-7-13)25-20(27)17(30-22(25)24-12)11-14-10-15(23)8-9-16(14)26/h3-11,19,26H,1-2H3. The SMILES string of the molecule is COC(=O)C1=C(C)N=c2sc(=Cc3cc(Br)ccc3O)c(=O)n2C1c1ccccc1. The molecule has 3 aromatic rings. The number of aromatic nitrogens is 1. The topological polar surface area (TPSA) is 80.9 Å². The molecule has 6 nitrogen and oxygen atoms in total. The van der Waals surface area contributed by atoms with Crippen LogP contribution in [0.25, 0.3) is 6.08 Å². The van der Waals surface area contributed by atoms with E-state index in [0.29, 0.717) is 26.2 Å². The fraction of sp³-hybridized carbons (Fsp3) is 0.136. The first kappa shape index (κ1) is 20.3. The molecule has 8 heteroatoms. The largest absolute Gasteiger partial charge is 0.507 e. The Morgan fingerprint density at radius 2 is 2.00 bits per heavy atom. The third kappa shape index (κ3) is 3.53. The molecule has 0 saturated carbocycles. The van der Waals surface area contributed by atoms with Crippen LogP contribution in [0.1, 0.15) is 24.1 Å². The van der Waals surface area contributed by atoms with Crippen LogP contribution in [0.5, 0.6) is 5.75 Å². The van der Waals surface area contributed by atoms with Crippen LogP contribution in [0, 0.1) is 0 Å². The van der Waals surface area contributed by atoms with Crippen LogP contribution in [-0.4, -0.2) is 22.8 Å². The zero-order valence-corrected chi connectivity index (χ0v) is 18.5. The summed E-state index contributed by atoms with van der Waals surface area (Å²) < 4.78 is 7.68. The summed E-state index contributed by atoms with van der Waals surface area (Å²) in [6.45, 7) is 1.74. The van der Waals surface area contributed by atoms with Gasteiger partial charge in [0.25, 0.3) is 5.56 Å². The number of phenolic OH excluding ortho intramolecular Hbond substituents is 1. The summed E-state index contributed by atoms with van der Waals surface area (Å²) in [5.74, 6) is -0.459. The van der Waals surface area contributed by atoms with Crippen LogP contribution in [0.3, 0.4) is 0 Å². The second-order valence-corrected chi connectivity index (χ2v) is 8.61. The van der Waals surface area contributed by atoms with Crippen molar-refractivity contribution in [1.29, 1.82) is 0 Å². The Morgan fingerprint density at radius 1 is 1.27 bits per heavy atom. The molecule has 0 radical (unpaired) electrons. The summed E-state index contributed by atoms with van der Waals surface area (Å²) in [4.78, 5) is 30.9. The summed E-state index contributed by atoms with van der Waals surface area (Å²) in [7, 11) is 1.31. The Morgan fingerprint density at radius 3 is 2.70 bits per heavy atom. The van der Waals surface area contributed by atoms with Crippen LogP contribution < -0.4 is 14.9 Å². The average Bonchev–Trinajstić information content (AvgIpc) is 3.04. The molecule has 0 amide bonds. The molecule has 1 unspecified atom stereocenters. The number of benzene rings is 2. The highest BCUT2D eigenvalue weighted by Crippen LogP contribution is 2.30. The number of fused-ring (bicyclic) bond motifs is 1. The van der Waals surface area contributed by atoms with Crippen molar-refractivity contribution in [3.63, 3.8) is 0 Å². The minimum atomic E-state index is -0.645. The summed E-state index contributed by atoms with van der Waals surface area (Å²) in [6, 6.07) is 13.7. The summed E-state index contributed by atoms with van der Waals surface area (Å²) in [6.07, 6.45) is 1.63. The Kier molecular flexibility index (Phi) is 5.44. The number of carbonyl (C=O) groups is 1. The third-order valence-electron chi connectivity index (χ3n) is 4.82. The van der Waals surface area contributed by atoms with E-state index in [9.17, 15) is 14.7 Å². The molecule has 0 fully saturated rings. The van der Waals surface area contributed by atoms with Crippen LogP contribution >= 0.6 is 27.3 Å². The summed E-state index contributed by atoms with van der Waals surface area (Å²) in [5, 5.41) is 10.2. The van der Waals surface area contributed by atoms with Crippen LogP contribution in [0.15, 0.2) is 74.1 Å². The lowest BCUT2D eigenvalue weighted by Gasteiger charge is -2.24. The van der Waals surface area contributed by atoms with Gasteiger partial charge >= 0.3 is 5.97 Å². The summed E-state index contributed by atoms with van der Waals surface area (Å²) >= 11 is 4.59. The molecule has 0 spiro atoms. The van der Waals surface area contributed by atoms with E-state index < -0.39 is 12.0 Å². The number of methoxy groups -OCH3 is 1. The molecular formula is C22H17BrN2O4S. The number of nitrogens with zero attached hydrogens (tertiary/aromatic N) is 2. The molecule has 0 bridgehead atoms. The molecule has 152 valence electrons. The number of phenols is 1. The smallest absolute Gasteiger partial charge is 0.338 e. The van der Waals surface area contributed by atoms with Crippen molar-refractivity contribution >= 4 is 39.3 Å². The van der Waals surface area contributed by atoms with Gasteiger partial charge in [0.05, 0.1) is 29.0 Å². The average molecular weight is 485 g/mol. The first-order valence-electron chi connectivity index (χ1n) is 9.05. The minimum Gasteiger partial charge on any atom is -0.507 e. The molecule has 4 rings (SSSR count). The number of hydrogen-bond acceptors (Lipinski definition) is 6. The van der Waals surface area contributed by atoms with Gasteiger partial charge in [-0.15, -0.1) is 0 Å². The Balaban J connectivity index is 2.00. The number of halogens is 1. The van der Waals surface area contributed by atoms with Crippen molar-refractivity contribution in [1.82, 2.24) is 4.57 Å². The van der Waals surface area contributed by atoms with Gasteiger partial charge in [-0.25, -0.2) is 9.79 Å². The highest BCUT2D eigenvalue weighted by Gasteiger charge is 2.32. The maximum Gasteiger partial charge on any atom is 0.338 e. The number of allylic oxidation sites excluding steroid dienone is 1. The van der Waals surface area contributed by atoms with Crippen molar-refractivity contribution in [2.24, 2.45) is 4.99 Å². The second kappa shape index (κ2) is 8.04. The molecule has 2 heterocycles. The van der Waals surface area contributed by atoms with Gasteiger partial charge in [-0.2, -0.15) is 0 Å². The van der Waals surface area contributed by atoms with E-state index in [4.69, 9.17) is 4.74 Å². The minimum absolute atomic E-state index is 0.0649. The van der Waals surface area contributed by atoms with Gasteiger partial charge in [-0.1, -0.05) is 57.6 Å². The maximum absolute atomic E-state index is 13.4. The quantitative estimate of drug-likeness (QED) is 0.579. The van der Waals surface area contributed by atoms with E-state index in [-0.39, 0.29) is 11.3 Å². The number of rotatable bonds is 3. The van der Waals surface area contributed by atoms with Gasteiger partial charge in [0.1, 0.15) is 5.75 Å². The van der Waals surface area contributed by atoms with Gasteiger partial charge in [0.2, 0.25) is 0 Å². The molecule has 30 heavy (non-hydrogen) atoms. The van der Waals surface area contributed by atoms with Crippen LogP contribution in [0.2, 0.25) is 0 Å². The fourth-order valence-corrected chi connectivity index (χ4v) is 4.84. The lowest BCUT2D eigenvalue weighted by atomic mass is 9.96. The Labute approximate surface area is 184 Å². The first-order chi connectivity index (χ1) is 14.4. The predicted molar refractivity (Wildman–Crippen MR) is 118 cm³/mol. The first-order valence-corrected chi connectivity index (χ1v) is 10.7. The Bertz CT molecular complexity index is 1360. The van der Waals surface area contributed by atoms with Gasteiger partial charge in [-0.3, -0.25) is 9.36 Å². The highest BCUT2D eigenvalue weighted by molar-refractivity contribution is 9.10. The summed E-state index contributed by atoms with van der Waals surface area (Å²) in [5.41, 5.74) is 1.84. The molecule has 0 aliphatic carbocycles. The molecule has 0 saturated heterocycles. The molecule has 1 aliphatic rings. The van der Waals surface area contributed by atoms with Crippen LogP contribution in [0.4, 0.5) is 0 Å². The van der Waals surface area contributed by atoms with Crippen LogP contribution in [-0.2, 0) is 9.53 Å². The predicted octanol–water partition coefficient (Wildman–Crippen LogP) is 2.88. The molecular weight excluding hydrogens is 468 g/mol. The van der Waals surface area contributed by atoms with Crippen molar-refractivity contribution < 1.29 is 14.6 Å². The lowest BCUT2D eigenvalue weighted by Crippen LogP contribution is -2.39. The number of thiazole rings is 1. The monoisotopic (exact) mass is 484 g/mol.